The van der Waals surface area contributed by atoms with Gasteiger partial charge >= 0.3 is 5.97 Å². The van der Waals surface area contributed by atoms with Crippen molar-refractivity contribution in [1.82, 2.24) is 15.1 Å². The van der Waals surface area contributed by atoms with Crippen molar-refractivity contribution in [2.45, 2.75) is 32.9 Å². The Bertz CT molecular complexity index is 384. The predicted molar refractivity (Wildman–Crippen MR) is 54.9 cm³/mol. The lowest BCUT2D eigenvalue weighted by atomic mass is 10.1. The minimum atomic E-state index is -0.926. The number of carbonyl (C=O) groups is 1. The minimum Gasteiger partial charge on any atom is -0.476 e. The number of nitrogens with one attached hydrogen (secondary N) is 1. The van der Waals surface area contributed by atoms with Crippen molar-refractivity contribution >= 4 is 5.97 Å². The van der Waals surface area contributed by atoms with E-state index in [-0.39, 0.29) is 5.69 Å². The summed E-state index contributed by atoms with van der Waals surface area (Å²) in [4.78, 5) is 11.0. The highest BCUT2D eigenvalue weighted by Gasteiger charge is 2.23. The second-order valence-corrected chi connectivity index (χ2v) is 3.73. The van der Waals surface area contributed by atoms with Gasteiger partial charge in [-0.15, -0.1) is 0 Å². The number of nitrogens with zero attached hydrogens (tertiary/aromatic N) is 2. The van der Waals surface area contributed by atoms with Crippen LogP contribution < -0.4 is 5.32 Å². The van der Waals surface area contributed by atoms with E-state index in [0.29, 0.717) is 6.54 Å². The second-order valence-electron chi connectivity index (χ2n) is 3.73. The maximum absolute atomic E-state index is 11.0. The first-order chi connectivity index (χ1) is 7.24. The van der Waals surface area contributed by atoms with Crippen LogP contribution in [0.1, 0.15) is 35.1 Å². The van der Waals surface area contributed by atoms with Crippen LogP contribution in [0.2, 0.25) is 0 Å². The molecule has 0 fully saturated rings. The SMILES string of the molecule is CCCn1nc(C(=O)O)c2c1CCNC2. The molecule has 0 atom stereocenters. The first-order valence-corrected chi connectivity index (χ1v) is 5.26. The van der Waals surface area contributed by atoms with Crippen molar-refractivity contribution in [2.24, 2.45) is 0 Å². The van der Waals surface area contributed by atoms with Gasteiger partial charge in [-0.1, -0.05) is 6.92 Å². The fourth-order valence-corrected chi connectivity index (χ4v) is 1.99. The van der Waals surface area contributed by atoms with E-state index in [4.69, 9.17) is 5.11 Å². The summed E-state index contributed by atoms with van der Waals surface area (Å²) in [7, 11) is 0. The molecule has 82 valence electrons. The Morgan fingerprint density at radius 1 is 1.67 bits per heavy atom. The van der Waals surface area contributed by atoms with Crippen LogP contribution in [0, 0.1) is 0 Å². The molecule has 1 aliphatic rings. The summed E-state index contributed by atoms with van der Waals surface area (Å²) in [6.45, 7) is 4.40. The van der Waals surface area contributed by atoms with Gasteiger partial charge in [0.2, 0.25) is 0 Å². The topological polar surface area (TPSA) is 67.2 Å². The van der Waals surface area contributed by atoms with Gasteiger partial charge in [-0.05, 0) is 6.42 Å². The average molecular weight is 209 g/mol. The van der Waals surface area contributed by atoms with E-state index in [1.54, 1.807) is 0 Å². The summed E-state index contributed by atoms with van der Waals surface area (Å²) in [6, 6.07) is 0. The molecule has 0 amide bonds. The molecule has 0 aromatic carbocycles. The van der Waals surface area contributed by atoms with E-state index < -0.39 is 5.97 Å². The molecule has 1 aromatic heterocycles. The number of fused-ring (bicyclic) bond motifs is 1. The van der Waals surface area contributed by atoms with Gasteiger partial charge < -0.3 is 10.4 Å². The van der Waals surface area contributed by atoms with Crippen LogP contribution in [0.5, 0.6) is 0 Å². The summed E-state index contributed by atoms with van der Waals surface area (Å²) in [5.41, 5.74) is 2.17. The lowest BCUT2D eigenvalue weighted by Crippen LogP contribution is -2.25. The van der Waals surface area contributed by atoms with Crippen LogP contribution >= 0.6 is 0 Å². The number of carboxylic acid groups (broad SMARTS) is 1. The van der Waals surface area contributed by atoms with Crippen molar-refractivity contribution in [3.05, 3.63) is 17.0 Å². The Labute approximate surface area is 88.1 Å². The smallest absolute Gasteiger partial charge is 0.356 e. The molecule has 0 bridgehead atoms. The Balaban J connectivity index is 2.44. The molecule has 2 rings (SSSR count). The van der Waals surface area contributed by atoms with Crippen molar-refractivity contribution < 1.29 is 9.90 Å². The summed E-state index contributed by atoms with van der Waals surface area (Å²) in [5.74, 6) is -0.926. The third-order valence-electron chi connectivity index (χ3n) is 2.64. The average Bonchev–Trinajstić information content (AvgIpc) is 2.59. The van der Waals surface area contributed by atoms with Crippen LogP contribution in [0.4, 0.5) is 0 Å². The Kier molecular flexibility index (Phi) is 2.73. The first kappa shape index (κ1) is 10.2. The highest BCUT2D eigenvalue weighted by atomic mass is 16.4. The maximum Gasteiger partial charge on any atom is 0.356 e. The third-order valence-corrected chi connectivity index (χ3v) is 2.64. The largest absolute Gasteiger partial charge is 0.476 e. The van der Waals surface area contributed by atoms with Gasteiger partial charge in [0, 0.05) is 37.3 Å². The number of aromatic carboxylic acids is 1. The van der Waals surface area contributed by atoms with Gasteiger partial charge in [-0.3, -0.25) is 4.68 Å². The number of aromatic nitrogens is 2. The molecule has 1 aromatic rings. The molecule has 5 nitrogen and oxygen atoms in total. The zero-order valence-corrected chi connectivity index (χ0v) is 8.79. The lowest BCUT2D eigenvalue weighted by molar-refractivity contribution is 0.0688. The van der Waals surface area contributed by atoms with Gasteiger partial charge in [-0.2, -0.15) is 5.10 Å². The van der Waals surface area contributed by atoms with Crippen LogP contribution in [0.15, 0.2) is 0 Å². The predicted octanol–water partition coefficient (Wildman–Crippen LogP) is 0.637. The zero-order chi connectivity index (χ0) is 10.8. The molecular weight excluding hydrogens is 194 g/mol. The number of aryl methyl sites for hydroxylation is 1. The Morgan fingerprint density at radius 2 is 2.47 bits per heavy atom. The van der Waals surface area contributed by atoms with Gasteiger partial charge in [0.05, 0.1) is 0 Å². The molecule has 15 heavy (non-hydrogen) atoms. The highest BCUT2D eigenvalue weighted by molar-refractivity contribution is 5.87. The minimum absolute atomic E-state index is 0.214. The molecule has 0 spiro atoms. The molecular formula is C10H15N3O2. The standard InChI is InChI=1S/C10H15N3O2/c1-2-5-13-8-3-4-11-6-7(8)9(12-13)10(14)15/h11H,2-6H2,1H3,(H,14,15). The monoisotopic (exact) mass is 209 g/mol. The fourth-order valence-electron chi connectivity index (χ4n) is 1.99. The van der Waals surface area contributed by atoms with Crippen molar-refractivity contribution in [3.8, 4) is 0 Å². The number of carboxylic acids is 1. The van der Waals surface area contributed by atoms with Crippen LogP contribution in [-0.4, -0.2) is 27.4 Å². The molecule has 0 unspecified atom stereocenters. The maximum atomic E-state index is 11.0. The van der Waals surface area contributed by atoms with E-state index in [1.165, 1.54) is 0 Å². The van der Waals surface area contributed by atoms with E-state index in [2.05, 4.69) is 17.3 Å². The summed E-state index contributed by atoms with van der Waals surface area (Å²) in [5, 5.41) is 16.4. The Morgan fingerprint density at radius 3 is 3.13 bits per heavy atom. The third kappa shape index (κ3) is 1.74. The van der Waals surface area contributed by atoms with Crippen LogP contribution in [0.3, 0.4) is 0 Å². The van der Waals surface area contributed by atoms with Crippen molar-refractivity contribution in [1.29, 1.82) is 0 Å². The van der Waals surface area contributed by atoms with Gasteiger partial charge in [-0.25, -0.2) is 4.79 Å². The van der Waals surface area contributed by atoms with E-state index in [0.717, 1.165) is 37.2 Å². The molecule has 0 saturated carbocycles. The van der Waals surface area contributed by atoms with Gasteiger partial charge in [0.1, 0.15) is 0 Å². The summed E-state index contributed by atoms with van der Waals surface area (Å²) < 4.78 is 1.85. The highest BCUT2D eigenvalue weighted by Crippen LogP contribution is 2.18. The Hall–Kier alpha value is -1.36. The fraction of sp³-hybridized carbons (Fsp3) is 0.600. The lowest BCUT2D eigenvalue weighted by Gasteiger charge is -2.14. The van der Waals surface area contributed by atoms with Crippen molar-refractivity contribution in [2.75, 3.05) is 6.54 Å². The van der Waals surface area contributed by atoms with Gasteiger partial charge in [0.25, 0.3) is 0 Å². The van der Waals surface area contributed by atoms with E-state index in [9.17, 15) is 4.79 Å². The number of hydrogen-bond donors (Lipinski definition) is 2. The van der Waals surface area contributed by atoms with Crippen LogP contribution in [0.25, 0.3) is 0 Å². The normalized spacial score (nSPS) is 15.0. The second kappa shape index (κ2) is 4.02. The molecule has 0 saturated heterocycles. The number of rotatable bonds is 3. The molecule has 2 heterocycles. The first-order valence-electron chi connectivity index (χ1n) is 5.26. The molecule has 0 aliphatic carbocycles. The molecule has 5 heteroatoms. The number of hydrogen-bond acceptors (Lipinski definition) is 3. The van der Waals surface area contributed by atoms with E-state index in [1.807, 2.05) is 4.68 Å². The summed E-state index contributed by atoms with van der Waals surface area (Å²) >= 11 is 0. The van der Waals surface area contributed by atoms with Gasteiger partial charge in [0.15, 0.2) is 5.69 Å². The van der Waals surface area contributed by atoms with Crippen LogP contribution in [-0.2, 0) is 19.5 Å². The summed E-state index contributed by atoms with van der Waals surface area (Å²) in [6.07, 6.45) is 1.84. The molecule has 1 aliphatic heterocycles. The quantitative estimate of drug-likeness (QED) is 0.766. The van der Waals surface area contributed by atoms with E-state index >= 15 is 0 Å². The molecule has 2 N–H and O–H groups in total. The zero-order valence-electron chi connectivity index (χ0n) is 8.79. The van der Waals surface area contributed by atoms with Crippen molar-refractivity contribution in [3.63, 3.8) is 0 Å². The molecule has 0 radical (unpaired) electrons.